The van der Waals surface area contributed by atoms with Crippen LogP contribution in [0.2, 0.25) is 5.02 Å². The Balaban J connectivity index is 1.62. The fourth-order valence-corrected chi connectivity index (χ4v) is 4.25. The summed E-state index contributed by atoms with van der Waals surface area (Å²) in [6, 6.07) is 24.0. The fraction of sp³-hybridized carbons (Fsp3) is 0.0357. The predicted octanol–water partition coefficient (Wildman–Crippen LogP) is 5.99. The van der Waals surface area contributed by atoms with E-state index in [-0.39, 0.29) is 34.5 Å². The lowest BCUT2D eigenvalue weighted by atomic mass is 10.1. The number of ether oxygens (including phenoxy) is 1. The third-order valence-corrected chi connectivity index (χ3v) is 6.08. The first-order valence-corrected chi connectivity index (χ1v) is 12.2. The fourth-order valence-electron chi connectivity index (χ4n) is 4.03. The molecule has 1 heterocycles. The molecule has 0 saturated carbocycles. The first-order valence-electron chi connectivity index (χ1n) is 11.8. The Morgan fingerprint density at radius 1 is 0.925 bits per heavy atom. The van der Waals surface area contributed by atoms with Crippen molar-refractivity contribution < 1.29 is 14.6 Å². The van der Waals surface area contributed by atoms with Gasteiger partial charge in [-0.1, -0.05) is 66.2 Å². The van der Waals surface area contributed by atoms with E-state index in [0.717, 1.165) is 10.7 Å². The zero-order valence-electron chi connectivity index (χ0n) is 20.5. The number of hydrogen-bond acceptors (Lipinski definition) is 8. The summed E-state index contributed by atoms with van der Waals surface area (Å²) in [7, 11) is 0. The molecule has 0 bridgehead atoms. The topological polar surface area (TPSA) is 143 Å². The van der Waals surface area contributed by atoms with Crippen molar-refractivity contribution in [2.24, 2.45) is 5.10 Å². The molecule has 0 aliphatic carbocycles. The maximum absolute atomic E-state index is 13.5. The molecular weight excluding hydrogens is 538 g/mol. The van der Waals surface area contributed by atoms with Crippen molar-refractivity contribution in [1.82, 2.24) is 9.66 Å². The number of nitro groups is 2. The third-order valence-electron chi connectivity index (χ3n) is 5.86. The van der Waals surface area contributed by atoms with Gasteiger partial charge in [-0.05, 0) is 23.8 Å². The average Bonchev–Trinajstić information content (AvgIpc) is 2.96. The van der Waals surface area contributed by atoms with Crippen LogP contribution in [0.25, 0.3) is 22.3 Å². The first kappa shape index (κ1) is 26.2. The number of benzene rings is 4. The van der Waals surface area contributed by atoms with E-state index in [1.807, 2.05) is 6.07 Å². The second-order valence-electron chi connectivity index (χ2n) is 8.50. The Morgan fingerprint density at radius 3 is 2.42 bits per heavy atom. The summed E-state index contributed by atoms with van der Waals surface area (Å²) in [6.07, 6.45) is 1.23. The van der Waals surface area contributed by atoms with Crippen molar-refractivity contribution >= 4 is 40.1 Å². The lowest BCUT2D eigenvalue weighted by molar-refractivity contribution is -0.386. The van der Waals surface area contributed by atoms with Gasteiger partial charge >= 0.3 is 5.69 Å². The second-order valence-corrected chi connectivity index (χ2v) is 8.93. The molecule has 5 aromatic rings. The molecule has 0 fully saturated rings. The van der Waals surface area contributed by atoms with Gasteiger partial charge in [0.15, 0.2) is 5.82 Å². The monoisotopic (exact) mass is 555 g/mol. The molecular formula is C28H18ClN5O6. The molecule has 40 heavy (non-hydrogen) atoms. The van der Waals surface area contributed by atoms with E-state index in [9.17, 15) is 25.0 Å². The van der Waals surface area contributed by atoms with Crippen LogP contribution in [0.1, 0.15) is 11.1 Å². The van der Waals surface area contributed by atoms with Crippen molar-refractivity contribution in [3.8, 4) is 17.1 Å². The molecule has 4 aromatic carbocycles. The summed E-state index contributed by atoms with van der Waals surface area (Å²) in [5, 5.41) is 27.7. The van der Waals surface area contributed by atoms with Gasteiger partial charge in [0.05, 0.1) is 27.0 Å². The second kappa shape index (κ2) is 11.1. The Kier molecular flexibility index (Phi) is 7.29. The number of rotatable bonds is 8. The summed E-state index contributed by atoms with van der Waals surface area (Å²) in [5.74, 6) is 0.0869. The summed E-state index contributed by atoms with van der Waals surface area (Å²) in [5.41, 5.74) is 0.610. The van der Waals surface area contributed by atoms with E-state index in [0.29, 0.717) is 22.0 Å². The van der Waals surface area contributed by atoms with E-state index in [4.69, 9.17) is 16.3 Å². The van der Waals surface area contributed by atoms with Gasteiger partial charge in [0.2, 0.25) is 5.75 Å². The molecule has 0 aliphatic rings. The highest BCUT2D eigenvalue weighted by Gasteiger charge is 2.21. The maximum Gasteiger partial charge on any atom is 0.313 e. The number of aromatic nitrogens is 2. The van der Waals surface area contributed by atoms with E-state index in [2.05, 4.69) is 10.1 Å². The van der Waals surface area contributed by atoms with Gasteiger partial charge in [0, 0.05) is 34.3 Å². The maximum atomic E-state index is 13.5. The number of nitro benzene ring substituents is 2. The van der Waals surface area contributed by atoms with Crippen LogP contribution >= 0.6 is 11.6 Å². The number of non-ortho nitro benzene ring substituents is 1. The van der Waals surface area contributed by atoms with Gasteiger partial charge in [-0.2, -0.15) is 9.78 Å². The number of hydrogen-bond donors (Lipinski definition) is 0. The molecule has 0 N–H and O–H groups in total. The van der Waals surface area contributed by atoms with E-state index < -0.39 is 21.1 Å². The SMILES string of the molecule is O=c1c2ccccc2nc(-c2ccccc2)n1N=Cc1cc(Cl)cc([N+](=O)[O-])c1OCc1cccc([N+](=O)[O-])c1. The molecule has 0 atom stereocenters. The van der Waals surface area contributed by atoms with Crippen LogP contribution in [0.4, 0.5) is 11.4 Å². The summed E-state index contributed by atoms with van der Waals surface area (Å²) >= 11 is 6.18. The van der Waals surface area contributed by atoms with Crippen LogP contribution < -0.4 is 10.3 Å². The molecule has 0 spiro atoms. The molecule has 5 rings (SSSR count). The Hall–Kier alpha value is -5.42. The Labute approximate surface area is 230 Å². The molecule has 12 heteroatoms. The zero-order valence-corrected chi connectivity index (χ0v) is 21.3. The highest BCUT2D eigenvalue weighted by Crippen LogP contribution is 2.34. The van der Waals surface area contributed by atoms with Crippen molar-refractivity contribution in [3.63, 3.8) is 0 Å². The number of nitrogens with zero attached hydrogens (tertiary/aromatic N) is 5. The minimum absolute atomic E-state index is 0.0446. The lowest BCUT2D eigenvalue weighted by Gasteiger charge is -2.12. The van der Waals surface area contributed by atoms with Crippen molar-refractivity contribution in [2.45, 2.75) is 6.61 Å². The molecule has 0 amide bonds. The van der Waals surface area contributed by atoms with Crippen LogP contribution in [0, 0.1) is 20.2 Å². The van der Waals surface area contributed by atoms with Crippen molar-refractivity contribution in [2.75, 3.05) is 0 Å². The molecule has 0 saturated heterocycles. The van der Waals surface area contributed by atoms with Gasteiger partial charge in [-0.25, -0.2) is 4.98 Å². The minimum Gasteiger partial charge on any atom is -0.481 e. The van der Waals surface area contributed by atoms with Gasteiger partial charge in [-0.3, -0.25) is 25.0 Å². The highest BCUT2D eigenvalue weighted by molar-refractivity contribution is 6.31. The van der Waals surface area contributed by atoms with Gasteiger partial charge < -0.3 is 4.74 Å². The lowest BCUT2D eigenvalue weighted by Crippen LogP contribution is -2.20. The van der Waals surface area contributed by atoms with E-state index in [1.54, 1.807) is 54.6 Å². The van der Waals surface area contributed by atoms with Crippen LogP contribution in [0.5, 0.6) is 5.75 Å². The minimum atomic E-state index is -0.662. The smallest absolute Gasteiger partial charge is 0.313 e. The van der Waals surface area contributed by atoms with E-state index >= 15 is 0 Å². The normalized spacial score (nSPS) is 11.1. The molecule has 1 aromatic heterocycles. The van der Waals surface area contributed by atoms with Crippen molar-refractivity contribution in [1.29, 1.82) is 0 Å². The van der Waals surface area contributed by atoms with Crippen LogP contribution in [0.3, 0.4) is 0 Å². The van der Waals surface area contributed by atoms with Gasteiger partial charge in [-0.15, -0.1) is 0 Å². The largest absolute Gasteiger partial charge is 0.481 e. The molecule has 0 radical (unpaired) electrons. The Bertz CT molecular complexity index is 1860. The molecule has 198 valence electrons. The summed E-state index contributed by atoms with van der Waals surface area (Å²) in [4.78, 5) is 39.9. The molecule has 11 nitrogen and oxygen atoms in total. The van der Waals surface area contributed by atoms with Crippen LogP contribution in [0.15, 0.2) is 101 Å². The first-order chi connectivity index (χ1) is 19.3. The molecule has 0 aliphatic heterocycles. The third kappa shape index (κ3) is 5.40. The predicted molar refractivity (Wildman–Crippen MR) is 150 cm³/mol. The summed E-state index contributed by atoms with van der Waals surface area (Å²) < 4.78 is 6.90. The average molecular weight is 556 g/mol. The number of fused-ring (bicyclic) bond motifs is 1. The highest BCUT2D eigenvalue weighted by atomic mass is 35.5. The Morgan fingerprint density at radius 2 is 1.68 bits per heavy atom. The van der Waals surface area contributed by atoms with E-state index in [1.165, 1.54) is 30.5 Å². The quantitative estimate of drug-likeness (QED) is 0.130. The summed E-state index contributed by atoms with van der Waals surface area (Å²) in [6.45, 7) is -0.211. The molecule has 0 unspecified atom stereocenters. The van der Waals surface area contributed by atoms with Crippen molar-refractivity contribution in [3.05, 3.63) is 138 Å². The van der Waals surface area contributed by atoms with Crippen LogP contribution in [-0.2, 0) is 6.61 Å². The standard InChI is InChI=1S/C28H18ClN5O6/c29-21-14-20(26(25(15-21)34(38)39)40-17-18-7-6-10-22(13-18)33(36)37)16-30-32-27(19-8-2-1-3-9-19)31-24-12-5-4-11-23(24)28(32)35/h1-16H,17H2. The van der Waals surface area contributed by atoms with Gasteiger partial charge in [0.1, 0.15) is 6.61 Å². The zero-order chi connectivity index (χ0) is 28.2. The van der Waals surface area contributed by atoms with Gasteiger partial charge in [0.25, 0.3) is 11.2 Å². The van der Waals surface area contributed by atoms with Crippen LogP contribution in [-0.4, -0.2) is 25.7 Å². The number of halogens is 1. The number of para-hydroxylation sites is 1.